The summed E-state index contributed by atoms with van der Waals surface area (Å²) in [6, 6.07) is 2.04. The van der Waals surface area contributed by atoms with Crippen LogP contribution in [-0.4, -0.2) is 43.2 Å². The highest BCUT2D eigenvalue weighted by atomic mass is 16.3. The number of aliphatic hydroxyl groups is 1. The van der Waals surface area contributed by atoms with Crippen LogP contribution in [-0.2, 0) is 0 Å². The molecule has 7 nitrogen and oxygen atoms in total. The molecule has 0 aliphatic heterocycles. The molecule has 2 heterocycles. The van der Waals surface area contributed by atoms with Crippen LogP contribution in [0.25, 0.3) is 5.78 Å². The number of carbonyl (C=O) groups excluding carboxylic acids is 1. The summed E-state index contributed by atoms with van der Waals surface area (Å²) in [5, 5.41) is 16.4. The minimum absolute atomic E-state index is 0.137. The van der Waals surface area contributed by atoms with E-state index < -0.39 is 0 Å². The first-order chi connectivity index (χ1) is 10.6. The molecule has 0 aromatic carbocycles. The fraction of sp³-hybridized carbons (Fsp3) is 0.600. The van der Waals surface area contributed by atoms with Crippen molar-refractivity contribution in [1.82, 2.24) is 24.9 Å². The van der Waals surface area contributed by atoms with Crippen molar-refractivity contribution in [3.8, 4) is 0 Å². The van der Waals surface area contributed by atoms with E-state index in [-0.39, 0.29) is 24.4 Å². The Balaban J connectivity index is 1.71. The molecular formula is C15H21N5O2. The fourth-order valence-corrected chi connectivity index (χ4v) is 3.00. The maximum atomic E-state index is 12.3. The third-order valence-electron chi connectivity index (χ3n) is 4.26. The first kappa shape index (κ1) is 14.9. The second kappa shape index (κ2) is 6.00. The van der Waals surface area contributed by atoms with Crippen LogP contribution in [0.4, 0.5) is 0 Å². The van der Waals surface area contributed by atoms with Gasteiger partial charge in [-0.1, -0.05) is 0 Å². The van der Waals surface area contributed by atoms with Crippen molar-refractivity contribution in [3.63, 3.8) is 0 Å². The number of nitrogens with one attached hydrogen (secondary N) is 1. The van der Waals surface area contributed by atoms with Gasteiger partial charge in [0.2, 0.25) is 5.82 Å². The zero-order valence-corrected chi connectivity index (χ0v) is 12.9. The largest absolute Gasteiger partial charge is 0.396 e. The van der Waals surface area contributed by atoms with Crippen LogP contribution in [0.5, 0.6) is 0 Å². The molecule has 2 aromatic rings. The molecule has 7 heteroatoms. The number of aliphatic hydroxyl groups excluding tert-OH is 1. The van der Waals surface area contributed by atoms with Gasteiger partial charge in [-0.25, -0.2) is 9.50 Å². The Hall–Kier alpha value is -2.02. The second-order valence-electron chi connectivity index (χ2n) is 6.06. The number of nitrogens with zero attached hydrogens (tertiary/aromatic N) is 4. The molecule has 2 aromatic heterocycles. The van der Waals surface area contributed by atoms with Crippen LogP contribution in [0.2, 0.25) is 0 Å². The minimum Gasteiger partial charge on any atom is -0.396 e. The molecule has 0 spiro atoms. The van der Waals surface area contributed by atoms with Gasteiger partial charge in [0.25, 0.3) is 11.7 Å². The average Bonchev–Trinajstić information content (AvgIpc) is 2.92. The van der Waals surface area contributed by atoms with Crippen molar-refractivity contribution in [3.05, 3.63) is 23.3 Å². The van der Waals surface area contributed by atoms with Crippen molar-refractivity contribution < 1.29 is 9.90 Å². The Labute approximate surface area is 128 Å². The van der Waals surface area contributed by atoms with E-state index in [2.05, 4.69) is 20.4 Å². The van der Waals surface area contributed by atoms with Crippen LogP contribution in [0.15, 0.2) is 6.07 Å². The number of aromatic nitrogens is 4. The number of aryl methyl sites for hydroxylation is 2. The molecule has 1 saturated carbocycles. The van der Waals surface area contributed by atoms with E-state index >= 15 is 0 Å². The van der Waals surface area contributed by atoms with E-state index in [9.17, 15) is 4.79 Å². The highest BCUT2D eigenvalue weighted by molar-refractivity contribution is 5.91. The third kappa shape index (κ3) is 2.94. The quantitative estimate of drug-likeness (QED) is 0.883. The molecule has 2 N–H and O–H groups in total. The lowest BCUT2D eigenvalue weighted by molar-refractivity contribution is 0.0903. The van der Waals surface area contributed by atoms with Crippen molar-refractivity contribution in [1.29, 1.82) is 0 Å². The summed E-state index contributed by atoms with van der Waals surface area (Å²) in [5.41, 5.74) is 1.75. The second-order valence-corrected chi connectivity index (χ2v) is 6.06. The molecule has 0 saturated heterocycles. The predicted molar refractivity (Wildman–Crippen MR) is 80.6 cm³/mol. The smallest absolute Gasteiger partial charge is 0.291 e. The molecule has 1 fully saturated rings. The molecular weight excluding hydrogens is 282 g/mol. The summed E-state index contributed by atoms with van der Waals surface area (Å²) in [7, 11) is 0. The van der Waals surface area contributed by atoms with Gasteiger partial charge >= 0.3 is 0 Å². The summed E-state index contributed by atoms with van der Waals surface area (Å²) in [6.07, 6.45) is 3.67. The number of amides is 1. The molecule has 1 aliphatic carbocycles. The Bertz CT molecular complexity index is 689. The van der Waals surface area contributed by atoms with E-state index in [1.54, 1.807) is 4.52 Å². The van der Waals surface area contributed by atoms with Crippen molar-refractivity contribution in [2.75, 3.05) is 6.61 Å². The van der Waals surface area contributed by atoms with Gasteiger partial charge in [-0.15, -0.1) is 5.10 Å². The molecule has 3 rings (SSSR count). The lowest BCUT2D eigenvalue weighted by Gasteiger charge is -2.27. The number of hydrogen-bond acceptors (Lipinski definition) is 5. The normalized spacial score (nSPS) is 22.0. The Morgan fingerprint density at radius 1 is 1.32 bits per heavy atom. The molecule has 118 valence electrons. The number of rotatable bonds is 3. The van der Waals surface area contributed by atoms with Crippen LogP contribution in [0, 0.1) is 19.8 Å². The lowest BCUT2D eigenvalue weighted by atomic mass is 9.86. The van der Waals surface area contributed by atoms with Crippen molar-refractivity contribution in [2.45, 2.75) is 45.6 Å². The molecule has 0 bridgehead atoms. The standard InChI is InChI=1S/C15H21N5O2/c1-9-7-10(2)20-15(16-9)18-13(19-20)14(22)17-12-5-3-11(8-21)4-6-12/h7,11-12,21H,3-6,8H2,1-2H3,(H,17,22). The predicted octanol–water partition coefficient (Wildman–Crippen LogP) is 1.02. The highest BCUT2D eigenvalue weighted by Gasteiger charge is 2.24. The van der Waals surface area contributed by atoms with Crippen LogP contribution >= 0.6 is 0 Å². The van der Waals surface area contributed by atoms with Crippen molar-refractivity contribution >= 4 is 11.7 Å². The summed E-state index contributed by atoms with van der Waals surface area (Å²) in [5.74, 6) is 0.725. The summed E-state index contributed by atoms with van der Waals surface area (Å²) in [4.78, 5) is 20.8. The van der Waals surface area contributed by atoms with E-state index in [4.69, 9.17) is 5.11 Å². The van der Waals surface area contributed by atoms with Gasteiger partial charge in [0.05, 0.1) is 0 Å². The first-order valence-corrected chi connectivity index (χ1v) is 7.69. The number of carbonyl (C=O) groups is 1. The topological polar surface area (TPSA) is 92.4 Å². The molecule has 1 aliphatic rings. The maximum Gasteiger partial charge on any atom is 0.291 e. The minimum atomic E-state index is -0.255. The molecule has 0 radical (unpaired) electrons. The van der Waals surface area contributed by atoms with Gasteiger partial charge in [0.1, 0.15) is 0 Å². The van der Waals surface area contributed by atoms with E-state index in [0.717, 1.165) is 37.1 Å². The van der Waals surface area contributed by atoms with Gasteiger partial charge in [0.15, 0.2) is 0 Å². The van der Waals surface area contributed by atoms with Crippen LogP contribution < -0.4 is 5.32 Å². The molecule has 0 unspecified atom stereocenters. The fourth-order valence-electron chi connectivity index (χ4n) is 3.00. The highest BCUT2D eigenvalue weighted by Crippen LogP contribution is 2.23. The zero-order chi connectivity index (χ0) is 15.7. The van der Waals surface area contributed by atoms with Gasteiger partial charge in [-0.2, -0.15) is 4.98 Å². The lowest BCUT2D eigenvalue weighted by Crippen LogP contribution is -2.38. The average molecular weight is 303 g/mol. The third-order valence-corrected chi connectivity index (χ3v) is 4.26. The van der Waals surface area contributed by atoms with Gasteiger partial charge in [-0.05, 0) is 51.5 Å². The van der Waals surface area contributed by atoms with E-state index in [0.29, 0.717) is 11.7 Å². The van der Waals surface area contributed by atoms with E-state index in [1.807, 2.05) is 19.9 Å². The Morgan fingerprint density at radius 2 is 2.05 bits per heavy atom. The monoisotopic (exact) mass is 303 g/mol. The SMILES string of the molecule is Cc1cc(C)n2nc(C(=O)NC3CCC(CO)CC3)nc2n1. The summed E-state index contributed by atoms with van der Waals surface area (Å²) >= 11 is 0. The summed E-state index contributed by atoms with van der Waals surface area (Å²) < 4.78 is 1.59. The van der Waals surface area contributed by atoms with Crippen LogP contribution in [0.1, 0.15) is 47.7 Å². The van der Waals surface area contributed by atoms with Gasteiger partial charge in [0, 0.05) is 24.0 Å². The molecule has 1 amide bonds. The Kier molecular flexibility index (Phi) is 4.06. The number of hydrogen-bond donors (Lipinski definition) is 2. The first-order valence-electron chi connectivity index (χ1n) is 7.69. The van der Waals surface area contributed by atoms with Gasteiger partial charge in [-0.3, -0.25) is 4.79 Å². The Morgan fingerprint density at radius 3 is 2.73 bits per heavy atom. The summed E-state index contributed by atoms with van der Waals surface area (Å²) in [6.45, 7) is 4.04. The van der Waals surface area contributed by atoms with E-state index in [1.165, 1.54) is 0 Å². The van der Waals surface area contributed by atoms with Crippen molar-refractivity contribution in [2.24, 2.45) is 5.92 Å². The molecule has 0 atom stereocenters. The van der Waals surface area contributed by atoms with Crippen LogP contribution in [0.3, 0.4) is 0 Å². The zero-order valence-electron chi connectivity index (χ0n) is 12.9. The molecule has 22 heavy (non-hydrogen) atoms. The van der Waals surface area contributed by atoms with Gasteiger partial charge < -0.3 is 10.4 Å². The number of fused-ring (bicyclic) bond motifs is 1. The maximum absolute atomic E-state index is 12.3.